The Hall–Kier alpha value is -2.79. The van der Waals surface area contributed by atoms with Gasteiger partial charge in [-0.3, -0.25) is 4.79 Å². The number of fused-ring (bicyclic) bond motifs is 1. The van der Waals surface area contributed by atoms with E-state index in [1.54, 1.807) is 14.2 Å². The van der Waals surface area contributed by atoms with Gasteiger partial charge in [0.1, 0.15) is 28.2 Å². The molecule has 22 heavy (non-hydrogen) atoms. The fraction of sp³-hybridized carbons (Fsp3) is 0.118. The zero-order chi connectivity index (χ0) is 16.1. The summed E-state index contributed by atoms with van der Waals surface area (Å²) in [6.07, 6.45) is 0. The van der Waals surface area contributed by atoms with Gasteiger partial charge in [-0.15, -0.1) is 0 Å². The molecule has 0 saturated heterocycles. The first kappa shape index (κ1) is 15.6. The molecule has 3 rings (SSSR count). The van der Waals surface area contributed by atoms with E-state index in [0.29, 0.717) is 5.76 Å². The molecule has 1 heterocycles. The Kier molecular flexibility index (Phi) is 4.80. The molecule has 0 saturated carbocycles. The second-order valence-electron chi connectivity index (χ2n) is 4.59. The van der Waals surface area contributed by atoms with Gasteiger partial charge in [0.2, 0.25) is 0 Å². The van der Waals surface area contributed by atoms with Gasteiger partial charge in [-0.05, 0) is 0 Å². The van der Waals surface area contributed by atoms with Gasteiger partial charge in [0.05, 0.1) is 0 Å². The maximum Gasteiger partial charge on any atom is 0.197 e. The number of ether oxygens (including phenoxy) is 1. The number of phenols is 2. The predicted octanol–water partition coefficient (Wildman–Crippen LogP) is 3.13. The molecule has 0 atom stereocenters. The SMILES string of the molecule is COC.O=c1cc(-c2ccccc2)oc2cc(O)cc(O)c12. The van der Waals surface area contributed by atoms with Gasteiger partial charge in [-0.1, -0.05) is 30.3 Å². The van der Waals surface area contributed by atoms with Crippen molar-refractivity contribution in [2.24, 2.45) is 0 Å². The lowest BCUT2D eigenvalue weighted by molar-refractivity contribution is 0.277. The third-order valence-electron chi connectivity index (χ3n) is 2.85. The van der Waals surface area contributed by atoms with E-state index in [4.69, 9.17) is 4.42 Å². The lowest BCUT2D eigenvalue weighted by Crippen LogP contribution is -2.00. The van der Waals surface area contributed by atoms with Crippen molar-refractivity contribution in [1.82, 2.24) is 0 Å². The van der Waals surface area contributed by atoms with Crippen LogP contribution in [-0.2, 0) is 4.74 Å². The summed E-state index contributed by atoms with van der Waals surface area (Å²) in [5, 5.41) is 19.2. The topological polar surface area (TPSA) is 79.9 Å². The molecule has 0 amide bonds. The van der Waals surface area contributed by atoms with Gasteiger partial charge in [0.25, 0.3) is 0 Å². The molecule has 0 radical (unpaired) electrons. The summed E-state index contributed by atoms with van der Waals surface area (Å²) in [5.41, 5.74) is 0.561. The molecule has 0 unspecified atom stereocenters. The van der Waals surface area contributed by atoms with Crippen LogP contribution in [0.25, 0.3) is 22.3 Å². The molecule has 0 bridgehead atoms. The van der Waals surface area contributed by atoms with Crippen molar-refractivity contribution in [2.45, 2.75) is 0 Å². The number of methoxy groups -OCH3 is 1. The van der Waals surface area contributed by atoms with E-state index in [1.165, 1.54) is 12.1 Å². The van der Waals surface area contributed by atoms with E-state index in [9.17, 15) is 15.0 Å². The largest absolute Gasteiger partial charge is 0.508 e. The average molecular weight is 300 g/mol. The number of hydrogen-bond donors (Lipinski definition) is 2. The fourth-order valence-electron chi connectivity index (χ4n) is 2.00. The monoisotopic (exact) mass is 300 g/mol. The first-order valence-electron chi connectivity index (χ1n) is 6.52. The lowest BCUT2D eigenvalue weighted by atomic mass is 10.1. The molecule has 0 aliphatic rings. The van der Waals surface area contributed by atoms with Gasteiger partial charge < -0.3 is 19.4 Å². The maximum absolute atomic E-state index is 12.0. The summed E-state index contributed by atoms with van der Waals surface area (Å²) in [5.74, 6) is -0.0511. The zero-order valence-corrected chi connectivity index (χ0v) is 12.2. The first-order valence-corrected chi connectivity index (χ1v) is 6.52. The molecule has 0 spiro atoms. The van der Waals surface area contributed by atoms with Crippen molar-refractivity contribution in [1.29, 1.82) is 0 Å². The Bertz CT molecular complexity index is 822. The Morgan fingerprint density at radius 2 is 1.64 bits per heavy atom. The molecular weight excluding hydrogens is 284 g/mol. The third kappa shape index (κ3) is 3.27. The second kappa shape index (κ2) is 6.78. The van der Waals surface area contributed by atoms with Crippen LogP contribution in [0.4, 0.5) is 0 Å². The second-order valence-corrected chi connectivity index (χ2v) is 4.59. The Balaban J connectivity index is 0.000000545. The van der Waals surface area contributed by atoms with Gasteiger partial charge >= 0.3 is 0 Å². The van der Waals surface area contributed by atoms with E-state index >= 15 is 0 Å². The zero-order valence-electron chi connectivity index (χ0n) is 12.2. The highest BCUT2D eigenvalue weighted by Crippen LogP contribution is 2.30. The number of hydrogen-bond acceptors (Lipinski definition) is 5. The van der Waals surface area contributed by atoms with Crippen LogP contribution in [0.2, 0.25) is 0 Å². The predicted molar refractivity (Wildman–Crippen MR) is 84.2 cm³/mol. The van der Waals surface area contributed by atoms with Crippen molar-refractivity contribution < 1.29 is 19.4 Å². The van der Waals surface area contributed by atoms with Crippen LogP contribution in [0.15, 0.2) is 57.7 Å². The minimum atomic E-state index is -0.349. The highest BCUT2D eigenvalue weighted by Gasteiger charge is 2.11. The van der Waals surface area contributed by atoms with Crippen LogP contribution in [0.5, 0.6) is 11.5 Å². The quantitative estimate of drug-likeness (QED) is 0.721. The van der Waals surface area contributed by atoms with Crippen LogP contribution in [0.1, 0.15) is 0 Å². The van der Waals surface area contributed by atoms with E-state index in [0.717, 1.165) is 11.6 Å². The minimum Gasteiger partial charge on any atom is -0.508 e. The molecule has 114 valence electrons. The van der Waals surface area contributed by atoms with Crippen molar-refractivity contribution in [3.8, 4) is 22.8 Å². The average Bonchev–Trinajstić information content (AvgIpc) is 2.47. The standard InChI is InChI=1S/C15H10O4.C2H6O/c16-10-6-11(17)15-12(18)8-13(19-14(15)7-10)9-4-2-1-3-5-9;1-3-2/h1-8,16-17H;1-2H3. The number of rotatable bonds is 1. The van der Waals surface area contributed by atoms with Crippen molar-refractivity contribution in [3.05, 3.63) is 58.8 Å². The summed E-state index contributed by atoms with van der Waals surface area (Å²) < 4.78 is 9.82. The molecule has 5 heteroatoms. The number of benzene rings is 2. The van der Waals surface area contributed by atoms with Crippen molar-refractivity contribution in [2.75, 3.05) is 14.2 Å². The fourth-order valence-corrected chi connectivity index (χ4v) is 2.00. The molecule has 3 aromatic rings. The normalized spacial score (nSPS) is 10.1. The summed E-state index contributed by atoms with van der Waals surface area (Å²) in [6, 6.07) is 12.9. The van der Waals surface area contributed by atoms with Gasteiger partial charge in [-0.2, -0.15) is 0 Å². The van der Waals surface area contributed by atoms with E-state index < -0.39 is 0 Å². The lowest BCUT2D eigenvalue weighted by Gasteiger charge is -2.04. The molecular formula is C17H16O5. The van der Waals surface area contributed by atoms with Crippen molar-refractivity contribution >= 4 is 11.0 Å². The number of aromatic hydroxyl groups is 2. The molecule has 0 aliphatic heterocycles. The van der Waals surface area contributed by atoms with Crippen LogP contribution in [-0.4, -0.2) is 24.4 Å². The van der Waals surface area contributed by atoms with Gasteiger partial charge in [-0.25, -0.2) is 0 Å². The summed E-state index contributed by atoms with van der Waals surface area (Å²) in [4.78, 5) is 12.0. The van der Waals surface area contributed by atoms with Crippen LogP contribution >= 0.6 is 0 Å². The van der Waals surface area contributed by atoms with Crippen LogP contribution < -0.4 is 5.43 Å². The highest BCUT2D eigenvalue weighted by atomic mass is 16.4. The molecule has 1 aromatic heterocycles. The van der Waals surface area contributed by atoms with E-state index in [1.807, 2.05) is 30.3 Å². The summed E-state index contributed by atoms with van der Waals surface area (Å²) in [7, 11) is 3.25. The summed E-state index contributed by atoms with van der Waals surface area (Å²) in [6.45, 7) is 0. The van der Waals surface area contributed by atoms with Gasteiger partial charge in [0, 0.05) is 38.0 Å². The first-order chi connectivity index (χ1) is 10.6. The van der Waals surface area contributed by atoms with E-state index in [-0.39, 0.29) is 27.9 Å². The van der Waals surface area contributed by atoms with Crippen LogP contribution in [0, 0.1) is 0 Å². The summed E-state index contributed by atoms with van der Waals surface area (Å²) >= 11 is 0. The molecule has 5 nitrogen and oxygen atoms in total. The van der Waals surface area contributed by atoms with E-state index in [2.05, 4.69) is 4.74 Å². The van der Waals surface area contributed by atoms with Crippen molar-refractivity contribution in [3.63, 3.8) is 0 Å². The molecule has 0 aliphatic carbocycles. The van der Waals surface area contributed by atoms with Gasteiger partial charge in [0.15, 0.2) is 5.43 Å². The third-order valence-corrected chi connectivity index (χ3v) is 2.85. The highest BCUT2D eigenvalue weighted by molar-refractivity contribution is 5.85. The molecule has 2 aromatic carbocycles. The minimum absolute atomic E-state index is 0.0671. The van der Waals surface area contributed by atoms with Crippen LogP contribution in [0.3, 0.4) is 0 Å². The maximum atomic E-state index is 12.0. The molecule has 2 N–H and O–H groups in total. The Morgan fingerprint density at radius 3 is 2.27 bits per heavy atom. The number of phenolic OH excluding ortho intramolecular Hbond substituents is 2. The smallest absolute Gasteiger partial charge is 0.197 e. The Labute approximate surface area is 127 Å². The Morgan fingerprint density at radius 1 is 1.00 bits per heavy atom. The molecule has 0 fully saturated rings.